The Morgan fingerprint density at radius 3 is 2.63 bits per heavy atom. The highest BCUT2D eigenvalue weighted by Crippen LogP contribution is 2.16. The first kappa shape index (κ1) is 14.0. The van der Waals surface area contributed by atoms with Crippen LogP contribution in [0.3, 0.4) is 0 Å². The topological polar surface area (TPSA) is 54.9 Å². The van der Waals surface area contributed by atoms with Crippen LogP contribution in [0.5, 0.6) is 0 Å². The number of hydrogen-bond acceptors (Lipinski definition) is 3. The molecule has 0 unspecified atom stereocenters. The monoisotopic (exact) mass is 339 g/mol. The van der Waals surface area contributed by atoms with E-state index in [-0.39, 0.29) is 22.8 Å². The van der Waals surface area contributed by atoms with Crippen LogP contribution in [0.4, 0.5) is 0 Å². The third-order valence-corrected chi connectivity index (χ3v) is 3.27. The standard InChI is InChI=1S/C13H11BrClN3O/c1-8(9-2-4-10(14)5-3-9)17-13(19)11-6-16-7-12(15)18-11/h2-8H,1H3,(H,17,19)/t8-/m1/s1. The minimum Gasteiger partial charge on any atom is -0.344 e. The third kappa shape index (κ3) is 3.75. The summed E-state index contributed by atoms with van der Waals surface area (Å²) in [6, 6.07) is 7.62. The molecule has 0 fully saturated rings. The lowest BCUT2D eigenvalue weighted by molar-refractivity contribution is 0.0934. The molecule has 0 bridgehead atoms. The Kier molecular flexibility index (Phi) is 4.50. The molecule has 0 aliphatic rings. The Morgan fingerprint density at radius 1 is 1.32 bits per heavy atom. The van der Waals surface area contributed by atoms with Gasteiger partial charge in [0.2, 0.25) is 0 Å². The van der Waals surface area contributed by atoms with E-state index in [4.69, 9.17) is 11.6 Å². The second kappa shape index (κ2) is 6.12. The molecule has 98 valence electrons. The van der Waals surface area contributed by atoms with Crippen molar-refractivity contribution in [3.63, 3.8) is 0 Å². The first-order valence-electron chi connectivity index (χ1n) is 5.60. The van der Waals surface area contributed by atoms with Crippen molar-refractivity contribution in [2.24, 2.45) is 0 Å². The molecule has 1 aromatic heterocycles. The molecule has 4 nitrogen and oxygen atoms in total. The summed E-state index contributed by atoms with van der Waals surface area (Å²) in [5.41, 5.74) is 1.21. The normalized spacial score (nSPS) is 11.9. The molecular weight excluding hydrogens is 330 g/mol. The number of hydrogen-bond donors (Lipinski definition) is 1. The van der Waals surface area contributed by atoms with E-state index in [0.29, 0.717) is 0 Å². The fourth-order valence-corrected chi connectivity index (χ4v) is 1.97. The summed E-state index contributed by atoms with van der Waals surface area (Å²) in [6.45, 7) is 1.90. The lowest BCUT2D eigenvalue weighted by atomic mass is 10.1. The number of aromatic nitrogens is 2. The molecule has 19 heavy (non-hydrogen) atoms. The van der Waals surface area contributed by atoms with Crippen LogP contribution < -0.4 is 5.32 Å². The van der Waals surface area contributed by atoms with Crippen molar-refractivity contribution in [2.75, 3.05) is 0 Å². The summed E-state index contributed by atoms with van der Waals surface area (Å²) in [6.07, 6.45) is 2.77. The van der Waals surface area contributed by atoms with E-state index in [2.05, 4.69) is 31.2 Å². The molecule has 0 saturated carbocycles. The molecule has 0 aliphatic carbocycles. The van der Waals surface area contributed by atoms with Gasteiger partial charge < -0.3 is 5.32 Å². The summed E-state index contributed by atoms with van der Waals surface area (Å²) in [7, 11) is 0. The van der Waals surface area contributed by atoms with Crippen molar-refractivity contribution >= 4 is 33.4 Å². The summed E-state index contributed by atoms with van der Waals surface area (Å²) >= 11 is 9.07. The van der Waals surface area contributed by atoms with E-state index in [0.717, 1.165) is 10.0 Å². The average molecular weight is 341 g/mol. The number of nitrogens with zero attached hydrogens (tertiary/aromatic N) is 2. The van der Waals surface area contributed by atoms with Gasteiger partial charge in [-0.3, -0.25) is 9.78 Å². The van der Waals surface area contributed by atoms with Crippen LogP contribution >= 0.6 is 27.5 Å². The zero-order valence-electron chi connectivity index (χ0n) is 10.1. The molecule has 1 aromatic carbocycles. The van der Waals surface area contributed by atoms with Gasteiger partial charge in [-0.2, -0.15) is 0 Å². The van der Waals surface area contributed by atoms with Gasteiger partial charge >= 0.3 is 0 Å². The molecule has 0 aliphatic heterocycles. The van der Waals surface area contributed by atoms with Gasteiger partial charge in [0.15, 0.2) is 0 Å². The lowest BCUT2D eigenvalue weighted by Crippen LogP contribution is -2.27. The Hall–Kier alpha value is -1.46. The molecule has 0 radical (unpaired) electrons. The number of carbonyl (C=O) groups is 1. The number of nitrogens with one attached hydrogen (secondary N) is 1. The fraction of sp³-hybridized carbons (Fsp3) is 0.154. The van der Waals surface area contributed by atoms with Crippen LogP contribution in [-0.2, 0) is 0 Å². The van der Waals surface area contributed by atoms with Crippen LogP contribution in [-0.4, -0.2) is 15.9 Å². The smallest absolute Gasteiger partial charge is 0.272 e. The van der Waals surface area contributed by atoms with Crippen molar-refractivity contribution in [1.29, 1.82) is 0 Å². The van der Waals surface area contributed by atoms with Gasteiger partial charge in [-0.25, -0.2) is 4.98 Å². The minimum absolute atomic E-state index is 0.124. The van der Waals surface area contributed by atoms with E-state index in [9.17, 15) is 4.79 Å². The van der Waals surface area contributed by atoms with Crippen LogP contribution in [0, 0.1) is 0 Å². The first-order chi connectivity index (χ1) is 9.06. The zero-order chi connectivity index (χ0) is 13.8. The van der Waals surface area contributed by atoms with Gasteiger partial charge in [-0.1, -0.05) is 39.7 Å². The molecule has 0 saturated heterocycles. The predicted molar refractivity (Wildman–Crippen MR) is 77.1 cm³/mol. The van der Waals surface area contributed by atoms with Gasteiger partial charge in [0.25, 0.3) is 5.91 Å². The minimum atomic E-state index is -0.301. The van der Waals surface area contributed by atoms with Crippen molar-refractivity contribution in [3.05, 3.63) is 57.5 Å². The molecule has 2 aromatic rings. The van der Waals surface area contributed by atoms with Gasteiger partial charge in [-0.05, 0) is 24.6 Å². The summed E-state index contributed by atoms with van der Waals surface area (Å²) in [5.74, 6) is -0.301. The van der Waals surface area contributed by atoms with Crippen molar-refractivity contribution < 1.29 is 4.79 Å². The lowest BCUT2D eigenvalue weighted by Gasteiger charge is -2.14. The second-order valence-corrected chi connectivity index (χ2v) is 5.28. The van der Waals surface area contributed by atoms with Crippen LogP contribution in [0.15, 0.2) is 41.1 Å². The molecule has 1 N–H and O–H groups in total. The van der Waals surface area contributed by atoms with E-state index in [1.54, 1.807) is 0 Å². The van der Waals surface area contributed by atoms with Crippen molar-refractivity contribution in [3.8, 4) is 0 Å². The third-order valence-electron chi connectivity index (χ3n) is 2.56. The number of benzene rings is 1. The van der Waals surface area contributed by atoms with Crippen molar-refractivity contribution in [2.45, 2.75) is 13.0 Å². The summed E-state index contributed by atoms with van der Waals surface area (Å²) in [4.78, 5) is 19.7. The predicted octanol–water partition coefficient (Wildman–Crippen LogP) is 3.38. The highest BCUT2D eigenvalue weighted by atomic mass is 79.9. The van der Waals surface area contributed by atoms with E-state index < -0.39 is 0 Å². The summed E-state index contributed by atoms with van der Waals surface area (Å²) in [5, 5.41) is 3.04. The molecule has 1 heterocycles. The zero-order valence-corrected chi connectivity index (χ0v) is 12.4. The van der Waals surface area contributed by atoms with E-state index in [1.807, 2.05) is 31.2 Å². The maximum absolute atomic E-state index is 12.0. The number of carbonyl (C=O) groups excluding carboxylic acids is 1. The Bertz CT molecular complexity index is 589. The maximum Gasteiger partial charge on any atom is 0.272 e. The van der Waals surface area contributed by atoms with Gasteiger partial charge in [-0.15, -0.1) is 0 Å². The second-order valence-electron chi connectivity index (χ2n) is 3.97. The van der Waals surface area contributed by atoms with E-state index in [1.165, 1.54) is 12.4 Å². The van der Waals surface area contributed by atoms with Crippen LogP contribution in [0.25, 0.3) is 0 Å². The maximum atomic E-state index is 12.0. The summed E-state index contributed by atoms with van der Waals surface area (Å²) < 4.78 is 0.996. The Labute approximate surface area is 124 Å². The van der Waals surface area contributed by atoms with E-state index >= 15 is 0 Å². The number of amides is 1. The fourth-order valence-electron chi connectivity index (χ4n) is 1.56. The molecule has 2 rings (SSSR count). The van der Waals surface area contributed by atoms with Crippen LogP contribution in [0.1, 0.15) is 29.0 Å². The highest BCUT2D eigenvalue weighted by molar-refractivity contribution is 9.10. The molecule has 6 heteroatoms. The number of rotatable bonds is 3. The van der Waals surface area contributed by atoms with Gasteiger partial charge in [0.05, 0.1) is 18.4 Å². The largest absolute Gasteiger partial charge is 0.344 e. The average Bonchev–Trinajstić information content (AvgIpc) is 2.39. The molecular formula is C13H11BrClN3O. The van der Waals surface area contributed by atoms with Crippen molar-refractivity contribution in [1.82, 2.24) is 15.3 Å². The SMILES string of the molecule is C[C@@H](NC(=O)c1cncc(Cl)n1)c1ccc(Br)cc1. The Morgan fingerprint density at radius 2 is 2.00 bits per heavy atom. The molecule has 1 atom stereocenters. The van der Waals surface area contributed by atoms with Crippen LogP contribution in [0.2, 0.25) is 5.15 Å². The Balaban J connectivity index is 2.08. The number of halogens is 2. The highest BCUT2D eigenvalue weighted by Gasteiger charge is 2.13. The van der Waals surface area contributed by atoms with Gasteiger partial charge in [0.1, 0.15) is 10.8 Å². The molecule has 1 amide bonds. The quantitative estimate of drug-likeness (QED) is 0.932. The molecule has 0 spiro atoms. The van der Waals surface area contributed by atoms with Gasteiger partial charge in [0, 0.05) is 4.47 Å². The first-order valence-corrected chi connectivity index (χ1v) is 6.77.